The fourth-order valence-electron chi connectivity index (χ4n) is 4.08. The van der Waals surface area contributed by atoms with Crippen molar-refractivity contribution in [3.8, 4) is 5.82 Å². The van der Waals surface area contributed by atoms with Gasteiger partial charge in [0.2, 0.25) is 5.91 Å². The normalized spacial score (nSPS) is 13.1. The molecule has 1 saturated carbocycles. The predicted octanol–water partition coefficient (Wildman–Crippen LogP) is 3.52. The topological polar surface area (TPSA) is 111 Å². The zero-order valence-corrected chi connectivity index (χ0v) is 19.6. The lowest BCUT2D eigenvalue weighted by molar-refractivity contribution is -0.119. The molecule has 5 rings (SSSR count). The van der Waals surface area contributed by atoms with Crippen molar-refractivity contribution in [1.82, 2.24) is 25.1 Å². The molecule has 0 atom stereocenters. The highest BCUT2D eigenvalue weighted by molar-refractivity contribution is 6.06. The first kappa shape index (κ1) is 22.7. The van der Waals surface area contributed by atoms with E-state index in [4.69, 9.17) is 9.72 Å². The summed E-state index contributed by atoms with van der Waals surface area (Å²) in [4.78, 5) is 34.5. The van der Waals surface area contributed by atoms with Crippen molar-refractivity contribution in [3.63, 3.8) is 0 Å². The molecule has 9 nitrogen and oxygen atoms in total. The highest BCUT2D eigenvalue weighted by Gasteiger charge is 2.29. The van der Waals surface area contributed by atoms with Gasteiger partial charge in [0, 0.05) is 37.2 Å². The molecule has 3 aromatic heterocycles. The van der Waals surface area contributed by atoms with Gasteiger partial charge in [-0.15, -0.1) is 0 Å². The minimum absolute atomic E-state index is 0.0200. The van der Waals surface area contributed by atoms with Gasteiger partial charge in [-0.05, 0) is 55.7 Å². The molecule has 1 aromatic carbocycles. The van der Waals surface area contributed by atoms with Gasteiger partial charge in [0.25, 0.3) is 5.91 Å². The first-order valence-electron chi connectivity index (χ1n) is 11.5. The molecule has 2 N–H and O–H groups in total. The number of hydrogen-bond donors (Lipinski definition) is 2. The Hall–Kier alpha value is -4.11. The number of benzene rings is 1. The van der Waals surface area contributed by atoms with E-state index in [0.29, 0.717) is 40.9 Å². The highest BCUT2D eigenvalue weighted by Crippen LogP contribution is 2.40. The largest absolute Gasteiger partial charge is 0.375 e. The summed E-state index contributed by atoms with van der Waals surface area (Å²) < 4.78 is 6.56. The number of pyridine rings is 2. The molecule has 3 heterocycles. The van der Waals surface area contributed by atoms with Gasteiger partial charge in [0.1, 0.15) is 6.61 Å². The van der Waals surface area contributed by atoms with Crippen molar-refractivity contribution in [2.75, 3.05) is 19.0 Å². The summed E-state index contributed by atoms with van der Waals surface area (Å²) in [5.41, 5.74) is 4.33. The molecule has 0 unspecified atom stereocenters. The van der Waals surface area contributed by atoms with Crippen LogP contribution in [0.2, 0.25) is 0 Å². The van der Waals surface area contributed by atoms with Gasteiger partial charge in [0.15, 0.2) is 11.5 Å². The Morgan fingerprint density at radius 3 is 2.74 bits per heavy atom. The van der Waals surface area contributed by atoms with Gasteiger partial charge in [-0.25, -0.2) is 9.97 Å². The number of methoxy groups -OCH3 is 1. The van der Waals surface area contributed by atoms with Gasteiger partial charge in [-0.2, -0.15) is 9.78 Å². The van der Waals surface area contributed by atoms with Crippen molar-refractivity contribution in [2.45, 2.75) is 32.2 Å². The zero-order valence-electron chi connectivity index (χ0n) is 19.6. The van der Waals surface area contributed by atoms with E-state index in [9.17, 15) is 9.59 Å². The minimum atomic E-state index is -0.235. The Labute approximate surface area is 202 Å². The van der Waals surface area contributed by atoms with E-state index >= 15 is 0 Å². The van der Waals surface area contributed by atoms with Crippen LogP contribution in [-0.4, -0.2) is 45.3 Å². The summed E-state index contributed by atoms with van der Waals surface area (Å²) in [6, 6.07) is 14.9. The maximum absolute atomic E-state index is 13.4. The van der Waals surface area contributed by atoms with Gasteiger partial charge in [-0.1, -0.05) is 18.2 Å². The molecule has 0 aliphatic heterocycles. The number of carbonyl (C=O) groups excluding carboxylic acids is 2. The molecule has 1 fully saturated rings. The Morgan fingerprint density at radius 1 is 1.14 bits per heavy atom. The number of ether oxygens (including phenoxy) is 1. The Balaban J connectivity index is 1.43. The van der Waals surface area contributed by atoms with Crippen molar-refractivity contribution in [1.29, 1.82) is 0 Å². The van der Waals surface area contributed by atoms with Gasteiger partial charge in [-0.3, -0.25) is 9.59 Å². The van der Waals surface area contributed by atoms with E-state index in [0.717, 1.165) is 29.5 Å². The Morgan fingerprint density at radius 2 is 2.00 bits per heavy atom. The summed E-state index contributed by atoms with van der Waals surface area (Å²) in [6.45, 7) is 2.17. The van der Waals surface area contributed by atoms with Crippen LogP contribution in [0, 0.1) is 6.92 Å². The van der Waals surface area contributed by atoms with E-state index in [2.05, 4.69) is 20.7 Å². The number of aromatic nitrogens is 4. The maximum atomic E-state index is 13.4. The smallest absolute Gasteiger partial charge is 0.252 e. The second-order valence-corrected chi connectivity index (χ2v) is 8.62. The summed E-state index contributed by atoms with van der Waals surface area (Å²) >= 11 is 0. The number of aryl methyl sites for hydroxylation is 1. The molecule has 0 radical (unpaired) electrons. The third-order valence-corrected chi connectivity index (χ3v) is 5.88. The molecule has 0 spiro atoms. The predicted molar refractivity (Wildman–Crippen MR) is 131 cm³/mol. The van der Waals surface area contributed by atoms with Crippen LogP contribution in [0.15, 0.2) is 54.7 Å². The van der Waals surface area contributed by atoms with Gasteiger partial charge < -0.3 is 15.4 Å². The number of nitrogens with zero attached hydrogens (tertiary/aromatic N) is 4. The molecule has 1 aliphatic rings. The molecule has 0 saturated heterocycles. The summed E-state index contributed by atoms with van der Waals surface area (Å²) in [5.74, 6) is 0.591. The number of nitrogens with one attached hydrogen (secondary N) is 2. The Bertz CT molecular complexity index is 1400. The van der Waals surface area contributed by atoms with Crippen molar-refractivity contribution < 1.29 is 14.3 Å². The SMILES string of the molecule is COCC(=O)Nc1cccc(CNC(=O)c2cc(C3CC3)nc3c2c(C)nn3-c2ccccn2)c1. The van der Waals surface area contributed by atoms with E-state index in [-0.39, 0.29) is 18.4 Å². The highest BCUT2D eigenvalue weighted by atomic mass is 16.5. The number of rotatable bonds is 8. The van der Waals surface area contributed by atoms with Crippen molar-refractivity contribution in [3.05, 3.63) is 77.2 Å². The van der Waals surface area contributed by atoms with Crippen LogP contribution in [0.25, 0.3) is 16.9 Å². The average molecular weight is 471 g/mol. The molecule has 9 heteroatoms. The lowest BCUT2D eigenvalue weighted by Crippen LogP contribution is -2.24. The molecule has 4 aromatic rings. The van der Waals surface area contributed by atoms with E-state index in [1.807, 2.05) is 49.4 Å². The summed E-state index contributed by atoms with van der Waals surface area (Å²) in [7, 11) is 1.47. The van der Waals surface area contributed by atoms with E-state index in [1.54, 1.807) is 16.9 Å². The maximum Gasteiger partial charge on any atom is 0.252 e. The van der Waals surface area contributed by atoms with E-state index < -0.39 is 0 Å². The second kappa shape index (κ2) is 9.63. The molecular weight excluding hydrogens is 444 g/mol. The first-order valence-corrected chi connectivity index (χ1v) is 11.5. The number of fused-ring (bicyclic) bond motifs is 1. The molecule has 35 heavy (non-hydrogen) atoms. The molecule has 1 aliphatic carbocycles. The third kappa shape index (κ3) is 4.90. The standard InChI is InChI=1S/C26H26N6O3/c1-16-24-20(26(34)28-14-17-6-5-7-19(12-17)29-23(33)15-35-2)13-21(18-9-10-18)30-25(24)32(31-16)22-8-3-4-11-27-22/h3-8,11-13,18H,9-10,14-15H2,1-2H3,(H,28,34)(H,29,33). The monoisotopic (exact) mass is 470 g/mol. The lowest BCUT2D eigenvalue weighted by atomic mass is 10.1. The molecular formula is C26H26N6O3. The minimum Gasteiger partial charge on any atom is -0.375 e. The fourth-order valence-corrected chi connectivity index (χ4v) is 4.08. The zero-order chi connectivity index (χ0) is 24.4. The van der Waals surface area contributed by atoms with Crippen LogP contribution in [0.5, 0.6) is 0 Å². The summed E-state index contributed by atoms with van der Waals surface area (Å²) in [5, 5.41) is 11.2. The van der Waals surface area contributed by atoms with Crippen LogP contribution in [0.4, 0.5) is 5.69 Å². The number of anilines is 1. The fraction of sp³-hybridized carbons (Fsp3) is 0.269. The Kier molecular flexibility index (Phi) is 6.24. The van der Waals surface area contributed by atoms with Crippen LogP contribution in [0.1, 0.15) is 46.1 Å². The average Bonchev–Trinajstić information content (AvgIpc) is 3.66. The quantitative estimate of drug-likeness (QED) is 0.408. The second-order valence-electron chi connectivity index (χ2n) is 8.62. The van der Waals surface area contributed by atoms with Crippen molar-refractivity contribution >= 4 is 28.5 Å². The number of amides is 2. The van der Waals surface area contributed by atoms with Crippen LogP contribution >= 0.6 is 0 Å². The third-order valence-electron chi connectivity index (χ3n) is 5.88. The molecule has 178 valence electrons. The number of hydrogen-bond acceptors (Lipinski definition) is 6. The lowest BCUT2D eigenvalue weighted by Gasteiger charge is -2.11. The van der Waals surface area contributed by atoms with Crippen molar-refractivity contribution in [2.24, 2.45) is 0 Å². The van der Waals surface area contributed by atoms with E-state index in [1.165, 1.54) is 7.11 Å². The van der Waals surface area contributed by atoms with Crippen LogP contribution in [-0.2, 0) is 16.1 Å². The van der Waals surface area contributed by atoms with Gasteiger partial charge in [0.05, 0.1) is 16.6 Å². The number of carbonyl (C=O) groups is 2. The van der Waals surface area contributed by atoms with Crippen LogP contribution < -0.4 is 10.6 Å². The van der Waals surface area contributed by atoms with Crippen LogP contribution in [0.3, 0.4) is 0 Å². The first-order chi connectivity index (χ1) is 17.0. The molecule has 0 bridgehead atoms. The summed E-state index contributed by atoms with van der Waals surface area (Å²) in [6.07, 6.45) is 3.85. The van der Waals surface area contributed by atoms with Gasteiger partial charge >= 0.3 is 0 Å². The molecule has 2 amide bonds.